The maximum atomic E-state index is 9.83. The molecule has 9 heavy (non-hydrogen) atoms. The van der Waals surface area contributed by atoms with E-state index in [1.54, 1.807) is 6.08 Å². The van der Waals surface area contributed by atoms with Crippen LogP contribution in [0.15, 0.2) is 12.7 Å². The molecule has 0 aromatic heterocycles. The fourth-order valence-corrected chi connectivity index (χ4v) is 0.558. The van der Waals surface area contributed by atoms with Crippen molar-refractivity contribution in [2.24, 2.45) is 0 Å². The van der Waals surface area contributed by atoms with Crippen molar-refractivity contribution < 1.29 is 9.90 Å². The van der Waals surface area contributed by atoms with Crippen molar-refractivity contribution in [1.29, 1.82) is 0 Å². The number of hydrogen-bond acceptors (Lipinski definition) is 1. The largest absolute Gasteiger partial charge is 0.355 e. The van der Waals surface area contributed by atoms with Gasteiger partial charge in [-0.05, 0) is 19.3 Å². The van der Waals surface area contributed by atoms with Crippen LogP contribution in [0.2, 0.25) is 0 Å². The second-order valence-corrected chi connectivity index (χ2v) is 1.91. The maximum Gasteiger partial charge on any atom is 0.355 e. The van der Waals surface area contributed by atoms with Gasteiger partial charge in [0.1, 0.15) is 0 Å². The van der Waals surface area contributed by atoms with Crippen LogP contribution in [0.4, 0.5) is 0 Å². The highest BCUT2D eigenvalue weighted by Gasteiger charge is 1.96. The predicted molar refractivity (Wildman–Crippen MR) is 34.4 cm³/mol. The van der Waals surface area contributed by atoms with E-state index in [0.29, 0.717) is 6.42 Å². The van der Waals surface area contributed by atoms with Gasteiger partial charge in [0.15, 0.2) is 0 Å². The first-order chi connectivity index (χ1) is 4.27. The summed E-state index contributed by atoms with van der Waals surface area (Å²) in [6.45, 7) is 3.51. The number of hydrogen-bond donors (Lipinski definition) is 0. The molecule has 0 saturated carbocycles. The van der Waals surface area contributed by atoms with E-state index in [4.69, 9.17) is 0 Å². The van der Waals surface area contributed by atoms with Gasteiger partial charge in [-0.2, -0.15) is 0 Å². The Bertz CT molecular complexity index is 97.1. The number of allylic oxidation sites excluding steroid dienone is 1. The molecule has 0 fully saturated rings. The first-order valence-electron chi connectivity index (χ1n) is 3.08. The van der Waals surface area contributed by atoms with Crippen LogP contribution in [-0.2, 0) is 9.90 Å². The summed E-state index contributed by atoms with van der Waals surface area (Å²) in [6.07, 6.45) is 4.46. The van der Waals surface area contributed by atoms with Crippen LogP contribution < -0.4 is 0 Å². The Morgan fingerprint density at radius 1 is 1.44 bits per heavy atom. The monoisotopic (exact) mass is 127 g/mol. The van der Waals surface area contributed by atoms with E-state index >= 15 is 0 Å². The Morgan fingerprint density at radius 2 is 2.11 bits per heavy atom. The topological polar surface area (TPSA) is 37.0 Å². The quantitative estimate of drug-likeness (QED) is 0.409. The van der Waals surface area contributed by atoms with Gasteiger partial charge in [0.05, 0.1) is 6.42 Å². The molecule has 0 unspecified atom stereocenters. The van der Waals surface area contributed by atoms with Crippen molar-refractivity contribution in [2.45, 2.75) is 25.7 Å². The van der Waals surface area contributed by atoms with Gasteiger partial charge in [-0.15, -0.1) is 6.58 Å². The summed E-state index contributed by atoms with van der Waals surface area (Å²) >= 11 is 0. The van der Waals surface area contributed by atoms with Crippen molar-refractivity contribution in [3.63, 3.8) is 0 Å². The summed E-state index contributed by atoms with van der Waals surface area (Å²) in [5, 5.41) is 9.83. The molecule has 0 aromatic carbocycles. The number of carbonyl (C=O) groups excluding carboxylic acids is 1. The normalized spacial score (nSPS) is 8.89. The molecule has 0 aliphatic rings. The third-order valence-electron chi connectivity index (χ3n) is 1.04. The highest BCUT2D eigenvalue weighted by Crippen LogP contribution is 1.99. The summed E-state index contributed by atoms with van der Waals surface area (Å²) in [5.74, 6) is -0.959. The Labute approximate surface area is 55.2 Å². The average Bonchev–Trinajstić information content (AvgIpc) is 1.80. The molecule has 0 heterocycles. The van der Waals surface area contributed by atoms with Crippen LogP contribution in [0.1, 0.15) is 25.7 Å². The van der Waals surface area contributed by atoms with Crippen molar-refractivity contribution in [3.05, 3.63) is 12.7 Å². The molecule has 0 aliphatic carbocycles. The van der Waals surface area contributed by atoms with E-state index < -0.39 is 5.97 Å². The minimum absolute atomic E-state index is 0.174. The maximum absolute atomic E-state index is 9.83. The zero-order valence-electron chi connectivity index (χ0n) is 5.43. The molecule has 0 saturated heterocycles. The van der Waals surface area contributed by atoms with E-state index in [1.165, 1.54) is 0 Å². The molecule has 0 aliphatic heterocycles. The molecule has 0 spiro atoms. The molecule has 0 bridgehead atoms. The van der Waals surface area contributed by atoms with Crippen molar-refractivity contribution in [3.8, 4) is 0 Å². The van der Waals surface area contributed by atoms with E-state index in [0.717, 1.165) is 12.8 Å². The third-order valence-corrected chi connectivity index (χ3v) is 1.04. The van der Waals surface area contributed by atoms with E-state index in [9.17, 15) is 9.90 Å². The molecule has 1 radical (unpaired) electrons. The van der Waals surface area contributed by atoms with Crippen LogP contribution in [0.25, 0.3) is 0 Å². The van der Waals surface area contributed by atoms with Crippen LogP contribution in [0, 0.1) is 0 Å². The second kappa shape index (κ2) is 5.35. The first-order valence-corrected chi connectivity index (χ1v) is 3.08. The minimum Gasteiger partial charge on any atom is -0.247 e. The molecule has 0 atom stereocenters. The van der Waals surface area contributed by atoms with Crippen molar-refractivity contribution >= 4 is 5.97 Å². The van der Waals surface area contributed by atoms with Gasteiger partial charge < -0.3 is 0 Å². The Morgan fingerprint density at radius 3 is 2.56 bits per heavy atom. The minimum atomic E-state index is -0.959. The fraction of sp³-hybridized carbons (Fsp3) is 0.571. The van der Waals surface area contributed by atoms with Crippen LogP contribution >= 0.6 is 0 Å². The first kappa shape index (κ1) is 8.21. The van der Waals surface area contributed by atoms with Gasteiger partial charge in [-0.25, -0.2) is 9.90 Å². The molecule has 0 amide bonds. The van der Waals surface area contributed by atoms with Gasteiger partial charge in [0, 0.05) is 0 Å². The van der Waals surface area contributed by atoms with Gasteiger partial charge in [-0.1, -0.05) is 6.08 Å². The van der Waals surface area contributed by atoms with Crippen molar-refractivity contribution in [2.75, 3.05) is 0 Å². The summed E-state index contributed by atoms with van der Waals surface area (Å²) in [7, 11) is 0. The summed E-state index contributed by atoms with van der Waals surface area (Å²) in [6, 6.07) is 0. The Balaban J connectivity index is 2.91. The summed E-state index contributed by atoms with van der Waals surface area (Å²) < 4.78 is 0. The molecule has 51 valence electrons. The average molecular weight is 127 g/mol. The summed E-state index contributed by atoms with van der Waals surface area (Å²) in [4.78, 5) is 9.83. The Kier molecular flexibility index (Phi) is 4.88. The standard InChI is InChI=1S/C7H11O2/c1-2-3-4-5-6-7(8)9/h2H,1,3-6H2. The second-order valence-electron chi connectivity index (χ2n) is 1.91. The molecule has 2 heteroatoms. The van der Waals surface area contributed by atoms with E-state index in [2.05, 4.69) is 6.58 Å². The molecule has 2 nitrogen and oxygen atoms in total. The van der Waals surface area contributed by atoms with Crippen molar-refractivity contribution in [1.82, 2.24) is 0 Å². The predicted octanol–water partition coefficient (Wildman–Crippen LogP) is 1.69. The molecule has 0 aromatic rings. The number of carbonyl (C=O) groups is 1. The number of unbranched alkanes of at least 4 members (excludes halogenated alkanes) is 2. The lowest BCUT2D eigenvalue weighted by atomic mass is 10.2. The van der Waals surface area contributed by atoms with Crippen LogP contribution in [0.3, 0.4) is 0 Å². The van der Waals surface area contributed by atoms with E-state index in [1.807, 2.05) is 0 Å². The highest BCUT2D eigenvalue weighted by atomic mass is 16.4. The zero-order chi connectivity index (χ0) is 7.11. The fourth-order valence-electron chi connectivity index (χ4n) is 0.558. The van der Waals surface area contributed by atoms with Gasteiger partial charge in [0.2, 0.25) is 0 Å². The summed E-state index contributed by atoms with van der Waals surface area (Å²) in [5.41, 5.74) is 0. The highest BCUT2D eigenvalue weighted by molar-refractivity contribution is 5.66. The SMILES string of the molecule is C=CCCCCC([O])=O. The molecular weight excluding hydrogens is 116 g/mol. The van der Waals surface area contributed by atoms with E-state index in [-0.39, 0.29) is 6.42 Å². The Hall–Kier alpha value is -0.790. The van der Waals surface area contributed by atoms with Gasteiger partial charge in [-0.3, -0.25) is 0 Å². The zero-order valence-corrected chi connectivity index (χ0v) is 5.43. The van der Waals surface area contributed by atoms with Crippen LogP contribution in [-0.4, -0.2) is 5.97 Å². The van der Waals surface area contributed by atoms with Gasteiger partial charge in [0.25, 0.3) is 0 Å². The smallest absolute Gasteiger partial charge is 0.247 e. The molecule has 0 N–H and O–H groups in total. The lowest BCUT2D eigenvalue weighted by Gasteiger charge is -1.89. The van der Waals surface area contributed by atoms with Crippen LogP contribution in [0.5, 0.6) is 0 Å². The number of rotatable bonds is 5. The lowest BCUT2D eigenvalue weighted by molar-refractivity contribution is -0.143. The third kappa shape index (κ3) is 7.21. The molecule has 0 rings (SSSR count). The molecular formula is C7H11O2. The lowest BCUT2D eigenvalue weighted by Crippen LogP contribution is -1.90. The van der Waals surface area contributed by atoms with Gasteiger partial charge >= 0.3 is 5.97 Å².